The minimum atomic E-state index is -0.335. The molecule has 0 saturated carbocycles. The molecular weight excluding hydrogens is 330 g/mol. The number of nitrogens with zero attached hydrogens (tertiary/aromatic N) is 4. The summed E-state index contributed by atoms with van der Waals surface area (Å²) < 4.78 is 1.85. The van der Waals surface area contributed by atoms with E-state index in [2.05, 4.69) is 18.9 Å². The largest absolute Gasteiger partial charge is 0.369 e. The SMILES string of the molecule is CC(C)c1cc(C(=O)N2CCCC(C(N)=O)C2)c2cnn(C(C)C)c2n1. The first-order valence-corrected chi connectivity index (χ1v) is 9.26. The molecule has 0 radical (unpaired) electrons. The molecule has 0 aromatic carbocycles. The van der Waals surface area contributed by atoms with Gasteiger partial charge in [0.2, 0.25) is 5.91 Å². The fraction of sp³-hybridized carbons (Fsp3) is 0.579. The number of piperidine rings is 1. The van der Waals surface area contributed by atoms with Gasteiger partial charge in [-0.25, -0.2) is 9.67 Å². The molecule has 140 valence electrons. The van der Waals surface area contributed by atoms with Gasteiger partial charge in [-0.3, -0.25) is 9.59 Å². The third-order valence-electron chi connectivity index (χ3n) is 5.01. The normalized spacial score (nSPS) is 18.1. The Bertz CT molecular complexity index is 840. The summed E-state index contributed by atoms with van der Waals surface area (Å²) in [6.07, 6.45) is 3.25. The number of aromatic nitrogens is 3. The van der Waals surface area contributed by atoms with E-state index in [4.69, 9.17) is 10.7 Å². The topological polar surface area (TPSA) is 94.1 Å². The summed E-state index contributed by atoms with van der Waals surface area (Å²) in [6.45, 7) is 9.22. The number of carbonyl (C=O) groups is 2. The average molecular weight is 357 g/mol. The molecule has 1 fully saturated rings. The van der Waals surface area contributed by atoms with Gasteiger partial charge in [-0.15, -0.1) is 0 Å². The van der Waals surface area contributed by atoms with Gasteiger partial charge in [0.15, 0.2) is 5.65 Å². The van der Waals surface area contributed by atoms with Crippen molar-refractivity contribution in [3.63, 3.8) is 0 Å². The Balaban J connectivity index is 2.05. The number of pyridine rings is 1. The number of nitrogens with two attached hydrogens (primary N) is 1. The maximum Gasteiger partial charge on any atom is 0.254 e. The van der Waals surface area contributed by atoms with E-state index in [1.54, 1.807) is 11.1 Å². The maximum atomic E-state index is 13.2. The molecule has 2 aromatic rings. The molecule has 1 saturated heterocycles. The molecule has 1 aliphatic rings. The Morgan fingerprint density at radius 1 is 1.27 bits per heavy atom. The molecule has 0 aliphatic carbocycles. The first-order valence-electron chi connectivity index (χ1n) is 9.26. The van der Waals surface area contributed by atoms with Gasteiger partial charge < -0.3 is 10.6 Å². The van der Waals surface area contributed by atoms with Gasteiger partial charge in [-0.1, -0.05) is 13.8 Å². The van der Waals surface area contributed by atoms with Crippen LogP contribution in [0.1, 0.15) is 68.5 Å². The second-order valence-corrected chi connectivity index (χ2v) is 7.66. The highest BCUT2D eigenvalue weighted by molar-refractivity contribution is 6.05. The van der Waals surface area contributed by atoms with E-state index in [9.17, 15) is 9.59 Å². The quantitative estimate of drug-likeness (QED) is 0.909. The molecule has 3 heterocycles. The molecule has 3 rings (SSSR count). The van der Waals surface area contributed by atoms with Gasteiger partial charge in [0.05, 0.1) is 23.1 Å². The number of fused-ring (bicyclic) bond motifs is 1. The van der Waals surface area contributed by atoms with Crippen LogP contribution in [-0.2, 0) is 4.79 Å². The molecule has 0 bridgehead atoms. The standard InChI is InChI=1S/C19H27N5O2/c1-11(2)16-8-14(15-9-21-24(12(3)4)18(15)22-16)19(26)23-7-5-6-13(10-23)17(20)25/h8-9,11-13H,5-7,10H2,1-4H3,(H2,20,25). The molecule has 2 amide bonds. The second-order valence-electron chi connectivity index (χ2n) is 7.66. The van der Waals surface area contributed by atoms with Crippen molar-refractivity contribution in [2.24, 2.45) is 11.7 Å². The van der Waals surface area contributed by atoms with Crippen molar-refractivity contribution in [3.8, 4) is 0 Å². The first-order chi connectivity index (χ1) is 12.3. The number of likely N-dealkylation sites (tertiary alicyclic amines) is 1. The zero-order valence-corrected chi connectivity index (χ0v) is 15.9. The molecular formula is C19H27N5O2. The van der Waals surface area contributed by atoms with E-state index >= 15 is 0 Å². The lowest BCUT2D eigenvalue weighted by Gasteiger charge is -2.31. The van der Waals surface area contributed by atoms with Crippen molar-refractivity contribution in [3.05, 3.63) is 23.5 Å². The monoisotopic (exact) mass is 357 g/mol. The highest BCUT2D eigenvalue weighted by atomic mass is 16.2. The van der Waals surface area contributed by atoms with E-state index < -0.39 is 0 Å². The number of amides is 2. The molecule has 7 nitrogen and oxygen atoms in total. The Hall–Kier alpha value is -2.44. The molecule has 0 spiro atoms. The van der Waals surface area contributed by atoms with Gasteiger partial charge in [0.1, 0.15) is 0 Å². The molecule has 1 unspecified atom stereocenters. The van der Waals surface area contributed by atoms with Crippen LogP contribution in [-0.4, -0.2) is 44.6 Å². The number of carbonyl (C=O) groups excluding carboxylic acids is 2. The third kappa shape index (κ3) is 3.30. The van der Waals surface area contributed by atoms with Crippen LogP contribution < -0.4 is 5.73 Å². The van der Waals surface area contributed by atoms with Crippen molar-refractivity contribution >= 4 is 22.8 Å². The highest BCUT2D eigenvalue weighted by Gasteiger charge is 2.29. The summed E-state index contributed by atoms with van der Waals surface area (Å²) >= 11 is 0. The summed E-state index contributed by atoms with van der Waals surface area (Å²) in [6, 6.07) is 2.02. The summed E-state index contributed by atoms with van der Waals surface area (Å²) in [5.74, 6) is -0.486. The van der Waals surface area contributed by atoms with Crippen LogP contribution in [0.4, 0.5) is 0 Å². The van der Waals surface area contributed by atoms with Crippen molar-refractivity contribution in [2.75, 3.05) is 13.1 Å². The van der Waals surface area contributed by atoms with Crippen LogP contribution in [0.5, 0.6) is 0 Å². The third-order valence-corrected chi connectivity index (χ3v) is 5.01. The van der Waals surface area contributed by atoms with Crippen LogP contribution in [0, 0.1) is 5.92 Å². The van der Waals surface area contributed by atoms with Crippen LogP contribution in [0.25, 0.3) is 11.0 Å². The van der Waals surface area contributed by atoms with Gasteiger partial charge in [0, 0.05) is 24.8 Å². The molecule has 1 aliphatic heterocycles. The van der Waals surface area contributed by atoms with Crippen molar-refractivity contribution in [2.45, 2.75) is 52.5 Å². The second kappa shape index (κ2) is 7.05. The lowest BCUT2D eigenvalue weighted by molar-refractivity contribution is -0.123. The number of rotatable bonds is 4. The van der Waals surface area contributed by atoms with Crippen molar-refractivity contribution in [1.29, 1.82) is 0 Å². The van der Waals surface area contributed by atoms with Crippen LogP contribution in [0.15, 0.2) is 12.3 Å². The fourth-order valence-corrected chi connectivity index (χ4v) is 3.45. The van der Waals surface area contributed by atoms with Gasteiger partial charge in [-0.2, -0.15) is 5.10 Å². The molecule has 2 N–H and O–H groups in total. The van der Waals surface area contributed by atoms with E-state index in [1.165, 1.54) is 0 Å². The predicted molar refractivity (Wildman–Crippen MR) is 99.8 cm³/mol. The van der Waals surface area contributed by atoms with Crippen molar-refractivity contribution in [1.82, 2.24) is 19.7 Å². The lowest BCUT2D eigenvalue weighted by atomic mass is 9.96. The van der Waals surface area contributed by atoms with E-state index in [-0.39, 0.29) is 29.7 Å². The first kappa shape index (κ1) is 18.4. The van der Waals surface area contributed by atoms with Gasteiger partial charge >= 0.3 is 0 Å². The van der Waals surface area contributed by atoms with E-state index in [0.717, 1.165) is 29.6 Å². The minimum Gasteiger partial charge on any atom is -0.369 e. The molecule has 2 aromatic heterocycles. The predicted octanol–water partition coefficient (Wildman–Crippen LogP) is 2.47. The molecule has 7 heteroatoms. The highest BCUT2D eigenvalue weighted by Crippen LogP contribution is 2.27. The van der Waals surface area contributed by atoms with Crippen LogP contribution >= 0.6 is 0 Å². The fourth-order valence-electron chi connectivity index (χ4n) is 3.45. The van der Waals surface area contributed by atoms with E-state index in [1.807, 2.05) is 24.6 Å². The zero-order chi connectivity index (χ0) is 19.0. The van der Waals surface area contributed by atoms with E-state index in [0.29, 0.717) is 18.7 Å². The molecule has 1 atom stereocenters. The Kier molecular flexibility index (Phi) is 4.98. The van der Waals surface area contributed by atoms with Gasteiger partial charge in [0.25, 0.3) is 5.91 Å². The Labute approximate surface area is 153 Å². The Morgan fingerprint density at radius 2 is 2.00 bits per heavy atom. The maximum absolute atomic E-state index is 13.2. The smallest absolute Gasteiger partial charge is 0.254 e. The summed E-state index contributed by atoms with van der Waals surface area (Å²) in [5, 5.41) is 5.19. The number of hydrogen-bond acceptors (Lipinski definition) is 4. The number of primary amides is 1. The number of hydrogen-bond donors (Lipinski definition) is 1. The van der Waals surface area contributed by atoms with Gasteiger partial charge in [-0.05, 0) is 38.7 Å². The lowest BCUT2D eigenvalue weighted by Crippen LogP contribution is -2.44. The summed E-state index contributed by atoms with van der Waals surface area (Å²) in [5.41, 5.74) is 7.67. The van der Waals surface area contributed by atoms with Crippen LogP contribution in [0.3, 0.4) is 0 Å². The summed E-state index contributed by atoms with van der Waals surface area (Å²) in [7, 11) is 0. The molecule has 26 heavy (non-hydrogen) atoms. The minimum absolute atomic E-state index is 0.0754. The Morgan fingerprint density at radius 3 is 2.62 bits per heavy atom. The average Bonchev–Trinajstić information content (AvgIpc) is 3.04. The summed E-state index contributed by atoms with van der Waals surface area (Å²) in [4.78, 5) is 31.3. The van der Waals surface area contributed by atoms with Crippen LogP contribution in [0.2, 0.25) is 0 Å². The van der Waals surface area contributed by atoms with Crippen molar-refractivity contribution < 1.29 is 9.59 Å². The zero-order valence-electron chi connectivity index (χ0n) is 15.9.